The molecule has 116 valence electrons. The van der Waals surface area contributed by atoms with Crippen molar-refractivity contribution in [1.82, 2.24) is 15.4 Å². The number of rotatable bonds is 6. The molecule has 2 N–H and O–H groups in total. The lowest BCUT2D eigenvalue weighted by atomic mass is 10.1. The SMILES string of the molecule is CCCC[C@@H](C(=O)Nc1cc(C)on1)N1CCNC(=O)C1. The fraction of sp³-hybridized carbons (Fsp3) is 0.643. The lowest BCUT2D eigenvalue weighted by molar-refractivity contribution is -0.128. The van der Waals surface area contributed by atoms with Gasteiger partial charge < -0.3 is 15.2 Å². The van der Waals surface area contributed by atoms with Gasteiger partial charge in [0.25, 0.3) is 0 Å². The van der Waals surface area contributed by atoms with Crippen LogP contribution in [-0.2, 0) is 9.59 Å². The van der Waals surface area contributed by atoms with Gasteiger partial charge in [-0.05, 0) is 13.3 Å². The summed E-state index contributed by atoms with van der Waals surface area (Å²) in [6, 6.07) is 1.37. The number of carbonyl (C=O) groups excluding carboxylic acids is 2. The molecule has 0 radical (unpaired) electrons. The van der Waals surface area contributed by atoms with Crippen LogP contribution in [0.2, 0.25) is 0 Å². The number of carbonyl (C=O) groups is 2. The largest absolute Gasteiger partial charge is 0.360 e. The quantitative estimate of drug-likeness (QED) is 0.814. The van der Waals surface area contributed by atoms with E-state index in [1.54, 1.807) is 13.0 Å². The standard InChI is InChI=1S/C14H22N4O3/c1-3-4-5-11(18-7-6-15-13(19)9-18)14(20)16-12-8-10(2)21-17-12/h8,11H,3-7,9H2,1-2H3,(H,15,19)(H,16,17,20)/t11-/m0/s1. The molecule has 0 spiro atoms. The Morgan fingerprint density at radius 2 is 2.43 bits per heavy atom. The zero-order valence-corrected chi connectivity index (χ0v) is 12.5. The summed E-state index contributed by atoms with van der Waals surface area (Å²) in [5.74, 6) is 0.896. The average molecular weight is 294 g/mol. The number of anilines is 1. The smallest absolute Gasteiger partial charge is 0.242 e. The molecule has 1 aliphatic heterocycles. The summed E-state index contributed by atoms with van der Waals surface area (Å²) in [6.45, 7) is 5.38. The van der Waals surface area contributed by atoms with Crippen LogP contribution in [-0.4, -0.2) is 47.5 Å². The second-order valence-corrected chi connectivity index (χ2v) is 5.29. The molecule has 2 rings (SSSR count). The molecule has 0 unspecified atom stereocenters. The van der Waals surface area contributed by atoms with Crippen molar-refractivity contribution in [2.75, 3.05) is 25.0 Å². The van der Waals surface area contributed by atoms with Crippen molar-refractivity contribution in [1.29, 1.82) is 0 Å². The van der Waals surface area contributed by atoms with Crippen LogP contribution in [0.5, 0.6) is 0 Å². The van der Waals surface area contributed by atoms with Gasteiger partial charge in [0.2, 0.25) is 11.8 Å². The monoisotopic (exact) mass is 294 g/mol. The van der Waals surface area contributed by atoms with Crippen LogP contribution in [0.1, 0.15) is 31.9 Å². The molecule has 0 saturated carbocycles. The van der Waals surface area contributed by atoms with Crippen molar-refractivity contribution in [3.63, 3.8) is 0 Å². The summed E-state index contributed by atoms with van der Waals surface area (Å²) in [5, 5.41) is 9.32. The van der Waals surface area contributed by atoms with Crippen molar-refractivity contribution in [2.24, 2.45) is 0 Å². The van der Waals surface area contributed by atoms with E-state index < -0.39 is 0 Å². The summed E-state index contributed by atoms with van der Waals surface area (Å²) in [6.07, 6.45) is 2.67. The van der Waals surface area contributed by atoms with Gasteiger partial charge in [-0.1, -0.05) is 24.9 Å². The topological polar surface area (TPSA) is 87.5 Å². The molecule has 1 aromatic rings. The van der Waals surface area contributed by atoms with Crippen molar-refractivity contribution in [3.8, 4) is 0 Å². The molecule has 0 aromatic carbocycles. The van der Waals surface area contributed by atoms with Crippen LogP contribution in [0.25, 0.3) is 0 Å². The third-order valence-corrected chi connectivity index (χ3v) is 3.52. The average Bonchev–Trinajstić information content (AvgIpc) is 2.84. The van der Waals surface area contributed by atoms with Crippen molar-refractivity contribution >= 4 is 17.6 Å². The molecule has 2 amide bonds. The fourth-order valence-corrected chi connectivity index (χ4v) is 2.44. The first kappa shape index (κ1) is 15.5. The molecule has 0 aliphatic carbocycles. The predicted molar refractivity (Wildman–Crippen MR) is 77.8 cm³/mol. The van der Waals surface area contributed by atoms with E-state index in [0.717, 1.165) is 19.3 Å². The van der Waals surface area contributed by atoms with Gasteiger partial charge in [0.15, 0.2) is 5.82 Å². The highest BCUT2D eigenvalue weighted by Crippen LogP contribution is 2.14. The van der Waals surface area contributed by atoms with Gasteiger partial charge in [0, 0.05) is 19.2 Å². The van der Waals surface area contributed by atoms with Crippen molar-refractivity contribution in [3.05, 3.63) is 11.8 Å². The van der Waals surface area contributed by atoms with E-state index in [9.17, 15) is 9.59 Å². The van der Waals surface area contributed by atoms with E-state index >= 15 is 0 Å². The first-order valence-electron chi connectivity index (χ1n) is 7.35. The van der Waals surface area contributed by atoms with Crippen LogP contribution < -0.4 is 10.6 Å². The molecule has 2 heterocycles. The maximum atomic E-state index is 12.5. The molecule has 1 aromatic heterocycles. The van der Waals surface area contributed by atoms with Crippen LogP contribution in [0.15, 0.2) is 10.6 Å². The molecular formula is C14H22N4O3. The number of nitrogens with zero attached hydrogens (tertiary/aromatic N) is 2. The van der Waals surface area contributed by atoms with Gasteiger partial charge >= 0.3 is 0 Å². The van der Waals surface area contributed by atoms with E-state index in [-0.39, 0.29) is 24.4 Å². The van der Waals surface area contributed by atoms with E-state index in [2.05, 4.69) is 22.7 Å². The van der Waals surface area contributed by atoms with Crippen LogP contribution in [0.3, 0.4) is 0 Å². The van der Waals surface area contributed by atoms with E-state index in [1.165, 1.54) is 0 Å². The third-order valence-electron chi connectivity index (χ3n) is 3.52. The number of aromatic nitrogens is 1. The molecule has 0 bridgehead atoms. The van der Waals surface area contributed by atoms with Gasteiger partial charge in [-0.2, -0.15) is 0 Å². The maximum Gasteiger partial charge on any atom is 0.242 e. The number of unbranched alkanes of at least 4 members (excludes halogenated alkanes) is 1. The summed E-state index contributed by atoms with van der Waals surface area (Å²) in [5.41, 5.74) is 0. The summed E-state index contributed by atoms with van der Waals surface area (Å²) in [7, 11) is 0. The number of nitrogens with one attached hydrogen (secondary N) is 2. The van der Waals surface area contributed by atoms with Gasteiger partial charge in [-0.3, -0.25) is 14.5 Å². The minimum absolute atomic E-state index is 0.0344. The molecule has 1 fully saturated rings. The second-order valence-electron chi connectivity index (χ2n) is 5.29. The van der Waals surface area contributed by atoms with Crippen molar-refractivity contribution < 1.29 is 14.1 Å². The van der Waals surface area contributed by atoms with E-state index in [4.69, 9.17) is 4.52 Å². The van der Waals surface area contributed by atoms with Gasteiger partial charge in [-0.15, -0.1) is 0 Å². The minimum Gasteiger partial charge on any atom is -0.360 e. The molecule has 7 heteroatoms. The first-order valence-corrected chi connectivity index (χ1v) is 7.35. The maximum absolute atomic E-state index is 12.5. The lowest BCUT2D eigenvalue weighted by Gasteiger charge is -2.33. The zero-order chi connectivity index (χ0) is 15.2. The van der Waals surface area contributed by atoms with Crippen LogP contribution >= 0.6 is 0 Å². The molecule has 1 atom stereocenters. The number of aryl methyl sites for hydroxylation is 1. The second kappa shape index (κ2) is 7.21. The van der Waals surface area contributed by atoms with Gasteiger partial charge in [0.05, 0.1) is 12.6 Å². The van der Waals surface area contributed by atoms with Gasteiger partial charge in [-0.25, -0.2) is 0 Å². The van der Waals surface area contributed by atoms with Crippen molar-refractivity contribution in [2.45, 2.75) is 39.2 Å². The number of hydrogen-bond acceptors (Lipinski definition) is 5. The summed E-state index contributed by atoms with van der Waals surface area (Å²) in [4.78, 5) is 25.9. The Bertz CT molecular complexity index is 500. The number of hydrogen-bond donors (Lipinski definition) is 2. The normalized spacial score (nSPS) is 17.3. The Morgan fingerprint density at radius 3 is 3.05 bits per heavy atom. The Balaban J connectivity index is 2.03. The Hall–Kier alpha value is -1.89. The highest BCUT2D eigenvalue weighted by molar-refractivity contribution is 5.94. The minimum atomic E-state index is -0.312. The highest BCUT2D eigenvalue weighted by atomic mass is 16.5. The van der Waals surface area contributed by atoms with E-state index in [1.807, 2.05) is 4.90 Å². The summed E-state index contributed by atoms with van der Waals surface area (Å²) < 4.78 is 4.95. The van der Waals surface area contributed by atoms with Crippen LogP contribution in [0.4, 0.5) is 5.82 Å². The third kappa shape index (κ3) is 4.29. The zero-order valence-electron chi connectivity index (χ0n) is 12.5. The van der Waals surface area contributed by atoms with Gasteiger partial charge in [0.1, 0.15) is 5.76 Å². The predicted octanol–water partition coefficient (Wildman–Crippen LogP) is 0.912. The highest BCUT2D eigenvalue weighted by Gasteiger charge is 2.29. The summed E-state index contributed by atoms with van der Waals surface area (Å²) >= 11 is 0. The number of amides is 2. The molecule has 7 nitrogen and oxygen atoms in total. The van der Waals surface area contributed by atoms with Crippen LogP contribution in [0, 0.1) is 6.92 Å². The Labute approximate surface area is 124 Å². The lowest BCUT2D eigenvalue weighted by Crippen LogP contribution is -2.54. The fourth-order valence-electron chi connectivity index (χ4n) is 2.44. The first-order chi connectivity index (χ1) is 10.1. The van der Waals surface area contributed by atoms with E-state index in [0.29, 0.717) is 24.7 Å². The Morgan fingerprint density at radius 1 is 1.62 bits per heavy atom. The number of piperazine rings is 1. The molecule has 1 saturated heterocycles. The Kier molecular flexibility index (Phi) is 5.32. The molecular weight excluding hydrogens is 272 g/mol. The molecule has 21 heavy (non-hydrogen) atoms. The molecule has 1 aliphatic rings.